The molecule has 0 spiro atoms. The number of rotatable bonds is 9. The van der Waals surface area contributed by atoms with E-state index in [1.807, 2.05) is 13.8 Å². The standard InChI is InChI=1S/C13H24O4S/c1-5-13(9-10-18-8-4,11(14)16-6-2)12(15)17-7-3/h5-10H2,1-4H3. The van der Waals surface area contributed by atoms with Crippen molar-refractivity contribution in [2.45, 2.75) is 40.5 Å². The van der Waals surface area contributed by atoms with Gasteiger partial charge < -0.3 is 9.47 Å². The lowest BCUT2D eigenvalue weighted by Gasteiger charge is -2.27. The van der Waals surface area contributed by atoms with Gasteiger partial charge in [-0.2, -0.15) is 11.8 Å². The van der Waals surface area contributed by atoms with Crippen LogP contribution in [-0.2, 0) is 19.1 Å². The third-order valence-corrected chi connectivity index (χ3v) is 3.71. The van der Waals surface area contributed by atoms with Crippen LogP contribution in [0.15, 0.2) is 0 Å². The molecule has 0 atom stereocenters. The van der Waals surface area contributed by atoms with Gasteiger partial charge in [-0.05, 0) is 38.2 Å². The Labute approximate surface area is 114 Å². The first-order valence-electron chi connectivity index (χ1n) is 6.51. The zero-order chi connectivity index (χ0) is 14.0. The molecular formula is C13H24O4S. The lowest BCUT2D eigenvalue weighted by atomic mass is 9.82. The summed E-state index contributed by atoms with van der Waals surface area (Å²) in [4.78, 5) is 24.1. The summed E-state index contributed by atoms with van der Waals surface area (Å²) in [5.41, 5.74) is -1.13. The van der Waals surface area contributed by atoms with E-state index in [4.69, 9.17) is 9.47 Å². The van der Waals surface area contributed by atoms with E-state index in [-0.39, 0.29) is 13.2 Å². The predicted molar refractivity (Wildman–Crippen MR) is 73.6 cm³/mol. The minimum atomic E-state index is -1.13. The maximum Gasteiger partial charge on any atom is 0.323 e. The second kappa shape index (κ2) is 9.25. The quantitative estimate of drug-likeness (QED) is 0.368. The molecule has 0 saturated heterocycles. The first-order valence-corrected chi connectivity index (χ1v) is 7.66. The molecule has 0 aromatic rings. The molecule has 0 heterocycles. The van der Waals surface area contributed by atoms with Gasteiger partial charge in [0.25, 0.3) is 0 Å². The van der Waals surface area contributed by atoms with Crippen molar-refractivity contribution in [1.29, 1.82) is 0 Å². The fourth-order valence-corrected chi connectivity index (χ4v) is 2.46. The van der Waals surface area contributed by atoms with Crippen molar-refractivity contribution in [1.82, 2.24) is 0 Å². The van der Waals surface area contributed by atoms with Gasteiger partial charge in [0.05, 0.1) is 13.2 Å². The van der Waals surface area contributed by atoms with E-state index < -0.39 is 17.4 Å². The number of thioether (sulfide) groups is 1. The summed E-state index contributed by atoms with van der Waals surface area (Å²) in [6.45, 7) is 7.91. The van der Waals surface area contributed by atoms with E-state index in [1.54, 1.807) is 25.6 Å². The molecule has 0 bridgehead atoms. The highest BCUT2D eigenvalue weighted by atomic mass is 32.2. The predicted octanol–water partition coefficient (Wildman–Crippen LogP) is 2.65. The van der Waals surface area contributed by atoms with Crippen LogP contribution in [0.1, 0.15) is 40.5 Å². The molecule has 0 aliphatic heterocycles. The maximum absolute atomic E-state index is 12.1. The molecule has 4 nitrogen and oxygen atoms in total. The van der Waals surface area contributed by atoms with Gasteiger partial charge in [-0.1, -0.05) is 13.8 Å². The largest absolute Gasteiger partial charge is 0.465 e. The highest BCUT2D eigenvalue weighted by molar-refractivity contribution is 7.99. The summed E-state index contributed by atoms with van der Waals surface area (Å²) < 4.78 is 10.1. The molecule has 0 radical (unpaired) electrons. The molecule has 0 aromatic carbocycles. The second-order valence-electron chi connectivity index (χ2n) is 3.82. The summed E-state index contributed by atoms with van der Waals surface area (Å²) in [5.74, 6) is 0.804. The van der Waals surface area contributed by atoms with Gasteiger partial charge in [0, 0.05) is 0 Å². The SMILES string of the molecule is CCOC(=O)C(CC)(CCSCC)C(=O)OCC. The van der Waals surface area contributed by atoms with Crippen molar-refractivity contribution in [2.75, 3.05) is 24.7 Å². The number of ether oxygens (including phenoxy) is 2. The van der Waals surface area contributed by atoms with E-state index in [9.17, 15) is 9.59 Å². The molecule has 0 saturated carbocycles. The van der Waals surface area contributed by atoms with E-state index >= 15 is 0 Å². The van der Waals surface area contributed by atoms with Crippen LogP contribution >= 0.6 is 11.8 Å². The first-order chi connectivity index (χ1) is 8.58. The Kier molecular flexibility index (Phi) is 8.89. The Morgan fingerprint density at radius 3 is 1.83 bits per heavy atom. The number of carbonyl (C=O) groups is 2. The summed E-state index contributed by atoms with van der Waals surface area (Å²) in [5, 5.41) is 0. The summed E-state index contributed by atoms with van der Waals surface area (Å²) >= 11 is 1.71. The van der Waals surface area contributed by atoms with Crippen LogP contribution in [0, 0.1) is 5.41 Å². The van der Waals surface area contributed by atoms with Gasteiger partial charge in [-0.25, -0.2) is 0 Å². The van der Waals surface area contributed by atoms with Crippen molar-refractivity contribution < 1.29 is 19.1 Å². The fraction of sp³-hybridized carbons (Fsp3) is 0.846. The van der Waals surface area contributed by atoms with Gasteiger partial charge >= 0.3 is 11.9 Å². The topological polar surface area (TPSA) is 52.6 Å². The molecule has 0 fully saturated rings. The number of esters is 2. The molecule has 0 aromatic heterocycles. The van der Waals surface area contributed by atoms with Crippen molar-refractivity contribution in [3.05, 3.63) is 0 Å². The lowest BCUT2D eigenvalue weighted by Crippen LogP contribution is -2.42. The van der Waals surface area contributed by atoms with E-state index in [0.29, 0.717) is 12.8 Å². The molecule has 106 valence electrons. The molecule has 0 aliphatic rings. The van der Waals surface area contributed by atoms with Crippen molar-refractivity contribution in [3.63, 3.8) is 0 Å². The maximum atomic E-state index is 12.1. The van der Waals surface area contributed by atoms with Gasteiger partial charge in [-0.3, -0.25) is 9.59 Å². The Balaban J connectivity index is 4.93. The molecule has 5 heteroatoms. The monoisotopic (exact) mass is 276 g/mol. The summed E-state index contributed by atoms with van der Waals surface area (Å²) in [7, 11) is 0. The highest BCUT2D eigenvalue weighted by Crippen LogP contribution is 2.32. The smallest absolute Gasteiger partial charge is 0.323 e. The number of hydrogen-bond donors (Lipinski definition) is 0. The normalized spacial score (nSPS) is 11.1. The van der Waals surface area contributed by atoms with Gasteiger partial charge in [0.2, 0.25) is 0 Å². The Bertz CT molecular complexity index is 248. The van der Waals surface area contributed by atoms with Crippen molar-refractivity contribution in [2.24, 2.45) is 5.41 Å². The molecular weight excluding hydrogens is 252 g/mol. The molecule has 0 amide bonds. The molecule has 0 N–H and O–H groups in total. The third kappa shape index (κ3) is 4.52. The Morgan fingerprint density at radius 2 is 1.50 bits per heavy atom. The van der Waals surface area contributed by atoms with Gasteiger partial charge in [0.1, 0.15) is 0 Å². The van der Waals surface area contributed by atoms with E-state index in [1.165, 1.54) is 0 Å². The van der Waals surface area contributed by atoms with Crippen LogP contribution in [0.2, 0.25) is 0 Å². The van der Waals surface area contributed by atoms with Crippen LogP contribution in [0.3, 0.4) is 0 Å². The van der Waals surface area contributed by atoms with Crippen LogP contribution in [0.25, 0.3) is 0 Å². The highest BCUT2D eigenvalue weighted by Gasteiger charge is 2.46. The van der Waals surface area contributed by atoms with Crippen LogP contribution < -0.4 is 0 Å². The van der Waals surface area contributed by atoms with Crippen molar-refractivity contribution >= 4 is 23.7 Å². The Morgan fingerprint density at radius 1 is 1.00 bits per heavy atom. The zero-order valence-corrected chi connectivity index (χ0v) is 12.6. The Hall–Kier alpha value is -0.710. The first kappa shape index (κ1) is 17.3. The van der Waals surface area contributed by atoms with Crippen LogP contribution in [0.5, 0.6) is 0 Å². The molecule has 0 unspecified atom stereocenters. The van der Waals surface area contributed by atoms with Gasteiger partial charge in [0.15, 0.2) is 5.41 Å². The molecule has 18 heavy (non-hydrogen) atoms. The minimum Gasteiger partial charge on any atom is -0.465 e. The van der Waals surface area contributed by atoms with E-state index in [2.05, 4.69) is 0 Å². The third-order valence-electron chi connectivity index (χ3n) is 2.81. The summed E-state index contributed by atoms with van der Waals surface area (Å²) in [6, 6.07) is 0. The van der Waals surface area contributed by atoms with Crippen LogP contribution in [-0.4, -0.2) is 36.7 Å². The lowest BCUT2D eigenvalue weighted by molar-refractivity contribution is -0.172. The summed E-state index contributed by atoms with van der Waals surface area (Å²) in [6.07, 6.45) is 0.884. The number of carbonyl (C=O) groups excluding carboxylic acids is 2. The second-order valence-corrected chi connectivity index (χ2v) is 5.22. The van der Waals surface area contributed by atoms with Crippen LogP contribution in [0.4, 0.5) is 0 Å². The zero-order valence-electron chi connectivity index (χ0n) is 11.8. The van der Waals surface area contributed by atoms with Crippen molar-refractivity contribution in [3.8, 4) is 0 Å². The average Bonchev–Trinajstić information content (AvgIpc) is 2.35. The fourth-order valence-electron chi connectivity index (χ4n) is 1.68. The minimum absolute atomic E-state index is 0.279. The molecule has 0 rings (SSSR count). The van der Waals surface area contributed by atoms with Gasteiger partial charge in [-0.15, -0.1) is 0 Å². The number of hydrogen-bond acceptors (Lipinski definition) is 5. The molecule has 0 aliphatic carbocycles. The van der Waals surface area contributed by atoms with E-state index in [0.717, 1.165) is 11.5 Å². The average molecular weight is 276 g/mol.